The number of carbonyl (C=O) groups excluding carboxylic acids is 2. The monoisotopic (exact) mass is 387 g/mol. The van der Waals surface area contributed by atoms with Gasteiger partial charge in [0.2, 0.25) is 0 Å². The van der Waals surface area contributed by atoms with Gasteiger partial charge in [0.05, 0.1) is 30.0 Å². The molecule has 2 aromatic rings. The number of benzene rings is 1. The van der Waals surface area contributed by atoms with Crippen LogP contribution in [0, 0.1) is 0 Å². The number of para-hydroxylation sites is 1. The Kier molecular flexibility index (Phi) is 6.26. The fraction of sp³-hybridized carbons (Fsp3) is 0.400. The molecular weight excluding hydrogens is 362 g/mol. The maximum atomic E-state index is 12.8. The van der Waals surface area contributed by atoms with Crippen molar-refractivity contribution in [1.82, 2.24) is 10.2 Å². The molecule has 1 aliphatic heterocycles. The fourth-order valence-corrected chi connectivity index (χ4v) is 3.69. The van der Waals surface area contributed by atoms with Gasteiger partial charge < -0.3 is 15.4 Å². The highest BCUT2D eigenvalue weighted by Crippen LogP contribution is 2.19. The van der Waals surface area contributed by atoms with Gasteiger partial charge in [0, 0.05) is 30.6 Å². The molecule has 0 saturated carbocycles. The molecule has 0 unspecified atom stereocenters. The van der Waals surface area contributed by atoms with Gasteiger partial charge in [-0.25, -0.2) is 0 Å². The van der Waals surface area contributed by atoms with E-state index in [4.69, 9.17) is 4.74 Å². The number of nitrogens with one attached hydrogen (secondary N) is 2. The molecule has 2 heterocycles. The predicted octanol–water partition coefficient (Wildman–Crippen LogP) is 2.84. The van der Waals surface area contributed by atoms with Crippen molar-refractivity contribution in [3.63, 3.8) is 0 Å². The molecule has 27 heavy (non-hydrogen) atoms. The lowest BCUT2D eigenvalue weighted by Crippen LogP contribution is -2.55. The van der Waals surface area contributed by atoms with Crippen LogP contribution < -0.4 is 10.6 Å². The summed E-state index contributed by atoms with van der Waals surface area (Å²) in [5.74, 6) is -0.414. The largest absolute Gasteiger partial charge is 0.379 e. The molecule has 7 heteroatoms. The molecule has 0 radical (unpaired) electrons. The van der Waals surface area contributed by atoms with Crippen LogP contribution in [0.5, 0.6) is 0 Å². The smallest absolute Gasteiger partial charge is 0.256 e. The van der Waals surface area contributed by atoms with Crippen LogP contribution in [-0.2, 0) is 4.74 Å². The lowest BCUT2D eigenvalue weighted by Gasteiger charge is -2.40. The standard InChI is InChI=1S/C20H25N3O3S/c1-20(2,23-8-10-26-11-9-23)14-21-19(25)16-5-3-4-6-17(16)22-18(24)15-7-12-27-13-15/h3-7,12-13H,8-11,14H2,1-2H3,(H,21,25)(H,22,24). The minimum absolute atomic E-state index is 0.172. The minimum atomic E-state index is -0.217. The van der Waals surface area contributed by atoms with Crippen LogP contribution in [0.25, 0.3) is 0 Å². The predicted molar refractivity (Wildman–Crippen MR) is 108 cm³/mol. The number of anilines is 1. The second-order valence-electron chi connectivity index (χ2n) is 7.11. The number of ether oxygens (including phenoxy) is 1. The SMILES string of the molecule is CC(C)(CNC(=O)c1ccccc1NC(=O)c1ccsc1)N1CCOCC1. The highest BCUT2D eigenvalue weighted by Gasteiger charge is 2.29. The number of carbonyl (C=O) groups is 2. The van der Waals surface area contributed by atoms with Crippen molar-refractivity contribution >= 4 is 28.8 Å². The number of nitrogens with zero attached hydrogens (tertiary/aromatic N) is 1. The second kappa shape index (κ2) is 8.65. The molecule has 2 N–H and O–H groups in total. The topological polar surface area (TPSA) is 70.7 Å². The van der Waals surface area contributed by atoms with E-state index in [-0.39, 0.29) is 17.4 Å². The first kappa shape index (κ1) is 19.5. The molecule has 6 nitrogen and oxygen atoms in total. The van der Waals surface area contributed by atoms with Gasteiger partial charge >= 0.3 is 0 Å². The summed E-state index contributed by atoms with van der Waals surface area (Å²) in [7, 11) is 0. The van der Waals surface area contributed by atoms with Crippen molar-refractivity contribution in [2.75, 3.05) is 38.2 Å². The average Bonchev–Trinajstić information content (AvgIpc) is 3.22. The van der Waals surface area contributed by atoms with E-state index in [1.54, 1.807) is 35.7 Å². The Balaban J connectivity index is 1.65. The van der Waals surface area contributed by atoms with Crippen LogP contribution in [0.2, 0.25) is 0 Å². The lowest BCUT2D eigenvalue weighted by molar-refractivity contribution is -0.00923. The Labute approximate surface area is 163 Å². The van der Waals surface area contributed by atoms with Gasteiger partial charge in [-0.05, 0) is 37.4 Å². The number of rotatable bonds is 6. The van der Waals surface area contributed by atoms with E-state index < -0.39 is 0 Å². The van der Waals surface area contributed by atoms with Crippen molar-refractivity contribution in [2.24, 2.45) is 0 Å². The number of amides is 2. The lowest BCUT2D eigenvalue weighted by atomic mass is 10.0. The molecular formula is C20H25N3O3S. The van der Waals surface area contributed by atoms with Gasteiger partial charge in [-0.3, -0.25) is 14.5 Å². The summed E-state index contributed by atoms with van der Waals surface area (Å²) in [5.41, 5.74) is 1.38. The quantitative estimate of drug-likeness (QED) is 0.800. The van der Waals surface area contributed by atoms with Crippen molar-refractivity contribution in [3.8, 4) is 0 Å². The first-order valence-corrected chi connectivity index (χ1v) is 9.95. The van der Waals surface area contributed by atoms with E-state index in [1.807, 2.05) is 5.38 Å². The fourth-order valence-electron chi connectivity index (χ4n) is 3.05. The highest BCUT2D eigenvalue weighted by molar-refractivity contribution is 7.08. The van der Waals surface area contributed by atoms with Gasteiger partial charge in [0.25, 0.3) is 11.8 Å². The van der Waals surface area contributed by atoms with Crippen LogP contribution in [0.15, 0.2) is 41.1 Å². The zero-order valence-corrected chi connectivity index (χ0v) is 16.5. The van der Waals surface area contributed by atoms with Crippen molar-refractivity contribution in [3.05, 3.63) is 52.2 Å². The molecule has 0 spiro atoms. The van der Waals surface area contributed by atoms with Crippen molar-refractivity contribution in [2.45, 2.75) is 19.4 Å². The van der Waals surface area contributed by atoms with E-state index >= 15 is 0 Å². The van der Waals surface area contributed by atoms with E-state index in [9.17, 15) is 9.59 Å². The van der Waals surface area contributed by atoms with E-state index in [1.165, 1.54) is 11.3 Å². The molecule has 2 amide bonds. The highest BCUT2D eigenvalue weighted by atomic mass is 32.1. The number of hydrogen-bond donors (Lipinski definition) is 2. The molecule has 1 aromatic heterocycles. The van der Waals surface area contributed by atoms with Crippen molar-refractivity contribution in [1.29, 1.82) is 0 Å². The Morgan fingerprint density at radius 2 is 1.89 bits per heavy atom. The maximum Gasteiger partial charge on any atom is 0.256 e. The van der Waals surface area contributed by atoms with Crippen LogP contribution in [-0.4, -0.2) is 55.1 Å². The molecule has 1 saturated heterocycles. The van der Waals surface area contributed by atoms with Gasteiger partial charge in [-0.15, -0.1) is 0 Å². The Morgan fingerprint density at radius 1 is 1.15 bits per heavy atom. The van der Waals surface area contributed by atoms with Crippen LogP contribution >= 0.6 is 11.3 Å². The minimum Gasteiger partial charge on any atom is -0.379 e. The molecule has 1 fully saturated rings. The first-order valence-electron chi connectivity index (χ1n) is 9.01. The Bertz CT molecular complexity index is 784. The third-order valence-corrected chi connectivity index (χ3v) is 5.44. The van der Waals surface area contributed by atoms with Crippen LogP contribution in [0.4, 0.5) is 5.69 Å². The molecule has 0 atom stereocenters. The molecule has 3 rings (SSSR count). The summed E-state index contributed by atoms with van der Waals surface area (Å²) in [6, 6.07) is 8.82. The molecule has 144 valence electrons. The molecule has 0 aliphatic carbocycles. The second-order valence-corrected chi connectivity index (χ2v) is 7.89. The first-order chi connectivity index (χ1) is 13.0. The Morgan fingerprint density at radius 3 is 2.59 bits per heavy atom. The van der Waals surface area contributed by atoms with E-state index in [0.717, 1.165) is 26.3 Å². The van der Waals surface area contributed by atoms with Crippen LogP contribution in [0.1, 0.15) is 34.6 Å². The van der Waals surface area contributed by atoms with Crippen molar-refractivity contribution < 1.29 is 14.3 Å². The zero-order chi connectivity index (χ0) is 19.3. The summed E-state index contributed by atoms with van der Waals surface area (Å²) in [6.07, 6.45) is 0. The summed E-state index contributed by atoms with van der Waals surface area (Å²) >= 11 is 1.46. The summed E-state index contributed by atoms with van der Waals surface area (Å²) < 4.78 is 5.40. The molecule has 1 aliphatic rings. The number of morpholine rings is 1. The molecule has 1 aromatic carbocycles. The third-order valence-electron chi connectivity index (χ3n) is 4.75. The van der Waals surface area contributed by atoms with E-state index in [2.05, 4.69) is 29.4 Å². The summed E-state index contributed by atoms with van der Waals surface area (Å²) in [4.78, 5) is 27.4. The summed E-state index contributed by atoms with van der Waals surface area (Å²) in [5, 5.41) is 9.48. The molecule has 0 bridgehead atoms. The average molecular weight is 388 g/mol. The zero-order valence-electron chi connectivity index (χ0n) is 15.7. The summed E-state index contributed by atoms with van der Waals surface area (Å²) in [6.45, 7) is 7.89. The Hall–Kier alpha value is -2.22. The normalized spacial score (nSPS) is 15.3. The third kappa shape index (κ3) is 4.94. The van der Waals surface area contributed by atoms with Gasteiger partial charge in [-0.2, -0.15) is 11.3 Å². The van der Waals surface area contributed by atoms with Crippen LogP contribution in [0.3, 0.4) is 0 Å². The van der Waals surface area contributed by atoms with Gasteiger partial charge in [-0.1, -0.05) is 12.1 Å². The van der Waals surface area contributed by atoms with Gasteiger partial charge in [0.1, 0.15) is 0 Å². The van der Waals surface area contributed by atoms with Gasteiger partial charge in [0.15, 0.2) is 0 Å². The number of thiophene rings is 1. The maximum absolute atomic E-state index is 12.8. The van der Waals surface area contributed by atoms with E-state index in [0.29, 0.717) is 23.4 Å². The number of hydrogen-bond acceptors (Lipinski definition) is 5.